The number of amides is 1. The molecule has 1 fully saturated rings. The van der Waals surface area contributed by atoms with Gasteiger partial charge in [0.2, 0.25) is 5.91 Å². The molecule has 1 aromatic carbocycles. The van der Waals surface area contributed by atoms with Crippen molar-refractivity contribution in [2.45, 2.75) is 19.9 Å². The maximum absolute atomic E-state index is 12.1. The summed E-state index contributed by atoms with van der Waals surface area (Å²) in [6, 6.07) is 7.60. The maximum atomic E-state index is 12.1. The van der Waals surface area contributed by atoms with Crippen molar-refractivity contribution in [3.63, 3.8) is 0 Å². The molecule has 2 rings (SSSR count). The SMILES string of the molecule is C[C@@H]1CNC[C@H]1C(=O)N[C@H](C)c1cccc(Cl)c1. The van der Waals surface area contributed by atoms with Crippen LogP contribution in [0.5, 0.6) is 0 Å². The van der Waals surface area contributed by atoms with Gasteiger partial charge in [0.05, 0.1) is 12.0 Å². The highest BCUT2D eigenvalue weighted by atomic mass is 35.5. The number of hydrogen-bond donors (Lipinski definition) is 2. The summed E-state index contributed by atoms with van der Waals surface area (Å²) in [7, 11) is 0. The van der Waals surface area contributed by atoms with E-state index in [9.17, 15) is 4.79 Å². The Morgan fingerprint density at radius 3 is 2.89 bits per heavy atom. The molecule has 0 aromatic heterocycles. The maximum Gasteiger partial charge on any atom is 0.225 e. The van der Waals surface area contributed by atoms with Gasteiger partial charge in [0.15, 0.2) is 0 Å². The van der Waals surface area contributed by atoms with Crippen molar-refractivity contribution in [2.75, 3.05) is 13.1 Å². The van der Waals surface area contributed by atoms with Crippen LogP contribution in [0.3, 0.4) is 0 Å². The Balaban J connectivity index is 1.98. The Morgan fingerprint density at radius 1 is 1.50 bits per heavy atom. The van der Waals surface area contributed by atoms with Crippen molar-refractivity contribution in [3.8, 4) is 0 Å². The second-order valence-electron chi connectivity index (χ2n) is 5.03. The average molecular weight is 267 g/mol. The summed E-state index contributed by atoms with van der Waals surface area (Å²) in [4.78, 5) is 12.1. The monoisotopic (exact) mass is 266 g/mol. The van der Waals surface area contributed by atoms with Gasteiger partial charge in [-0.15, -0.1) is 0 Å². The van der Waals surface area contributed by atoms with Crippen LogP contribution in [0.15, 0.2) is 24.3 Å². The Kier molecular flexibility index (Phi) is 4.25. The van der Waals surface area contributed by atoms with E-state index < -0.39 is 0 Å². The third-order valence-electron chi connectivity index (χ3n) is 3.56. The summed E-state index contributed by atoms with van der Waals surface area (Å²) >= 11 is 5.95. The lowest BCUT2D eigenvalue weighted by atomic mass is 9.96. The Labute approximate surface area is 113 Å². The highest BCUT2D eigenvalue weighted by molar-refractivity contribution is 6.30. The van der Waals surface area contributed by atoms with Crippen LogP contribution in [-0.2, 0) is 4.79 Å². The quantitative estimate of drug-likeness (QED) is 0.882. The third kappa shape index (κ3) is 3.03. The molecule has 1 amide bonds. The van der Waals surface area contributed by atoms with Crippen LogP contribution in [-0.4, -0.2) is 19.0 Å². The van der Waals surface area contributed by atoms with Crippen molar-refractivity contribution < 1.29 is 4.79 Å². The van der Waals surface area contributed by atoms with Crippen LogP contribution in [0.4, 0.5) is 0 Å². The van der Waals surface area contributed by atoms with Crippen LogP contribution in [0, 0.1) is 11.8 Å². The molecule has 1 aliphatic heterocycles. The molecule has 1 aliphatic rings. The van der Waals surface area contributed by atoms with E-state index in [1.54, 1.807) is 0 Å². The van der Waals surface area contributed by atoms with Crippen LogP contribution in [0.25, 0.3) is 0 Å². The van der Waals surface area contributed by atoms with Crippen molar-refractivity contribution in [3.05, 3.63) is 34.9 Å². The molecule has 0 aliphatic carbocycles. The van der Waals surface area contributed by atoms with E-state index in [1.165, 1.54) is 0 Å². The van der Waals surface area contributed by atoms with Gasteiger partial charge in [-0.25, -0.2) is 0 Å². The lowest BCUT2D eigenvalue weighted by Gasteiger charge is -2.19. The fourth-order valence-electron chi connectivity index (χ4n) is 2.34. The van der Waals surface area contributed by atoms with Gasteiger partial charge in [0.25, 0.3) is 0 Å². The topological polar surface area (TPSA) is 41.1 Å². The average Bonchev–Trinajstić information content (AvgIpc) is 2.75. The first kappa shape index (κ1) is 13.4. The number of nitrogens with one attached hydrogen (secondary N) is 2. The minimum atomic E-state index is -0.0102. The summed E-state index contributed by atoms with van der Waals surface area (Å²) in [5.74, 6) is 0.600. The van der Waals surface area contributed by atoms with E-state index in [0.717, 1.165) is 18.7 Å². The molecular weight excluding hydrogens is 248 g/mol. The summed E-state index contributed by atoms with van der Waals surface area (Å²) in [6.45, 7) is 5.78. The molecule has 1 aromatic rings. The lowest BCUT2D eigenvalue weighted by Crippen LogP contribution is -2.35. The second kappa shape index (κ2) is 5.72. The number of carbonyl (C=O) groups excluding carboxylic acids is 1. The predicted octanol–water partition coefficient (Wildman–Crippen LogP) is 2.37. The molecular formula is C14H19ClN2O. The Morgan fingerprint density at radius 2 is 2.28 bits per heavy atom. The number of benzene rings is 1. The van der Waals surface area contributed by atoms with Crippen molar-refractivity contribution in [2.24, 2.45) is 11.8 Å². The van der Waals surface area contributed by atoms with Crippen LogP contribution in [0.2, 0.25) is 5.02 Å². The van der Waals surface area contributed by atoms with Crippen molar-refractivity contribution in [1.29, 1.82) is 0 Å². The Hall–Kier alpha value is -1.06. The van der Waals surface area contributed by atoms with Gasteiger partial charge in [-0.1, -0.05) is 30.7 Å². The first-order valence-corrected chi connectivity index (χ1v) is 6.72. The number of rotatable bonds is 3. The molecule has 18 heavy (non-hydrogen) atoms. The Bertz CT molecular complexity index is 436. The van der Waals surface area contributed by atoms with E-state index in [2.05, 4.69) is 17.6 Å². The van der Waals surface area contributed by atoms with E-state index in [1.807, 2.05) is 31.2 Å². The van der Waals surface area contributed by atoms with E-state index in [-0.39, 0.29) is 17.9 Å². The zero-order valence-electron chi connectivity index (χ0n) is 10.7. The highest BCUT2D eigenvalue weighted by Gasteiger charge is 2.30. The summed E-state index contributed by atoms with van der Waals surface area (Å²) in [6.07, 6.45) is 0. The van der Waals surface area contributed by atoms with Gasteiger partial charge in [-0.05, 0) is 37.1 Å². The fraction of sp³-hybridized carbons (Fsp3) is 0.500. The first-order valence-electron chi connectivity index (χ1n) is 6.34. The van der Waals surface area contributed by atoms with Crippen LogP contribution < -0.4 is 10.6 Å². The fourth-order valence-corrected chi connectivity index (χ4v) is 2.54. The highest BCUT2D eigenvalue weighted by Crippen LogP contribution is 2.20. The van der Waals surface area contributed by atoms with Gasteiger partial charge in [-0.3, -0.25) is 4.79 Å². The minimum Gasteiger partial charge on any atom is -0.349 e. The molecule has 0 saturated carbocycles. The zero-order valence-corrected chi connectivity index (χ0v) is 11.5. The molecule has 0 unspecified atom stereocenters. The third-order valence-corrected chi connectivity index (χ3v) is 3.80. The van der Waals surface area contributed by atoms with Gasteiger partial charge >= 0.3 is 0 Å². The first-order chi connectivity index (χ1) is 8.58. The number of halogens is 1. The molecule has 0 bridgehead atoms. The molecule has 4 heteroatoms. The minimum absolute atomic E-state index is 0.0102. The molecule has 2 N–H and O–H groups in total. The second-order valence-corrected chi connectivity index (χ2v) is 5.46. The number of hydrogen-bond acceptors (Lipinski definition) is 2. The zero-order chi connectivity index (χ0) is 13.1. The van der Waals surface area contributed by atoms with Crippen molar-refractivity contribution in [1.82, 2.24) is 10.6 Å². The summed E-state index contributed by atoms with van der Waals surface area (Å²) in [5, 5.41) is 7.00. The van der Waals surface area contributed by atoms with Gasteiger partial charge in [0, 0.05) is 11.6 Å². The van der Waals surface area contributed by atoms with Gasteiger partial charge in [-0.2, -0.15) is 0 Å². The number of carbonyl (C=O) groups is 1. The molecule has 3 nitrogen and oxygen atoms in total. The molecule has 0 radical (unpaired) electrons. The summed E-state index contributed by atoms with van der Waals surface area (Å²) < 4.78 is 0. The molecule has 3 atom stereocenters. The van der Waals surface area contributed by atoms with E-state index >= 15 is 0 Å². The van der Waals surface area contributed by atoms with Crippen LogP contribution >= 0.6 is 11.6 Å². The lowest BCUT2D eigenvalue weighted by molar-refractivity contribution is -0.126. The van der Waals surface area contributed by atoms with Crippen LogP contribution in [0.1, 0.15) is 25.5 Å². The van der Waals surface area contributed by atoms with E-state index in [0.29, 0.717) is 10.9 Å². The van der Waals surface area contributed by atoms with Crippen molar-refractivity contribution >= 4 is 17.5 Å². The summed E-state index contributed by atoms with van der Waals surface area (Å²) in [5.41, 5.74) is 1.04. The molecule has 98 valence electrons. The normalized spacial score (nSPS) is 24.8. The standard InChI is InChI=1S/C14H19ClN2O/c1-9-7-16-8-13(9)14(18)17-10(2)11-4-3-5-12(15)6-11/h3-6,9-10,13,16H,7-8H2,1-2H3,(H,17,18)/t9-,10-,13-/m1/s1. The van der Waals surface area contributed by atoms with E-state index in [4.69, 9.17) is 11.6 Å². The smallest absolute Gasteiger partial charge is 0.225 e. The molecule has 0 spiro atoms. The largest absolute Gasteiger partial charge is 0.349 e. The molecule has 1 saturated heterocycles. The van der Waals surface area contributed by atoms with Gasteiger partial charge < -0.3 is 10.6 Å². The van der Waals surface area contributed by atoms with Gasteiger partial charge in [0.1, 0.15) is 0 Å². The predicted molar refractivity (Wildman–Crippen MR) is 73.5 cm³/mol. The molecule has 1 heterocycles.